The lowest BCUT2D eigenvalue weighted by atomic mass is 9.74. The van der Waals surface area contributed by atoms with Gasteiger partial charge in [0.15, 0.2) is 0 Å². The Morgan fingerprint density at radius 1 is 1.25 bits per heavy atom. The largest absolute Gasteiger partial charge is 0.330 e. The molecule has 0 amide bonds. The first kappa shape index (κ1) is 3.85. The first-order chi connectivity index (χ1) is 4.88. The maximum absolute atomic E-state index is 6.78. The molecule has 1 aliphatic carbocycles. The highest BCUT2D eigenvalue weighted by molar-refractivity contribution is 4.81. The van der Waals surface area contributed by atoms with Gasteiger partial charge >= 0.3 is 0 Å². The van der Waals surface area contributed by atoms with E-state index < -0.39 is 0 Å². The number of nitrogens with two attached hydrogens (primary N) is 2. The highest BCUT2D eigenvalue weighted by atomic mass is 14.6. The van der Waals surface area contributed by atoms with Crippen LogP contribution < -0.4 is 11.5 Å². The van der Waals surface area contributed by atoms with Crippen molar-refractivity contribution in [2.75, 3.05) is 13.1 Å². The van der Waals surface area contributed by atoms with E-state index in [0.29, 0.717) is 11.8 Å². The van der Waals surface area contributed by atoms with Gasteiger partial charge in [-0.3, -0.25) is 0 Å². The summed E-state index contributed by atoms with van der Waals surface area (Å²) in [7, 11) is 0. The fraction of sp³-hybridized carbons (Fsp3) is 1.00. The monoisotopic (exact) mass is 116 g/mol. The molecule has 0 bridgehead atoms. The van der Waals surface area contributed by atoms with Crippen molar-refractivity contribution in [2.45, 2.75) is 12.8 Å². The van der Waals surface area contributed by atoms with E-state index in [2.05, 4.69) is 11.5 Å². The van der Waals surface area contributed by atoms with Crippen molar-refractivity contribution < 1.29 is 2.82 Å². The van der Waals surface area contributed by atoms with Gasteiger partial charge in [-0.1, -0.05) is 0 Å². The Morgan fingerprint density at radius 3 is 2.00 bits per heavy atom. The van der Waals surface area contributed by atoms with Gasteiger partial charge in [-0.2, -0.15) is 0 Å². The van der Waals surface area contributed by atoms with Crippen molar-refractivity contribution in [1.29, 1.82) is 0 Å². The molecule has 0 saturated heterocycles. The maximum Gasteiger partial charge on any atom is 0.118 e. The van der Waals surface area contributed by atoms with Crippen molar-refractivity contribution in [2.24, 2.45) is 23.3 Å². The molecule has 1 rings (SSSR count). The summed E-state index contributed by atoms with van der Waals surface area (Å²) in [4.78, 5) is 0. The molecule has 1 saturated carbocycles. The minimum Gasteiger partial charge on any atom is -0.330 e. The third-order valence-corrected chi connectivity index (χ3v) is 2.10. The number of hydrogen-bond donors (Lipinski definition) is 2. The smallest absolute Gasteiger partial charge is 0.118 e. The lowest BCUT2D eigenvalue weighted by molar-refractivity contribution is 0.192. The molecular formula is C6H14N2. The van der Waals surface area contributed by atoms with Crippen LogP contribution in [0.3, 0.4) is 0 Å². The van der Waals surface area contributed by atoms with Gasteiger partial charge in [0, 0.05) is 0 Å². The Balaban J connectivity index is 2.09. The van der Waals surface area contributed by atoms with E-state index in [9.17, 15) is 0 Å². The molecule has 0 aromatic carbocycles. The molecule has 2 atom stereocenters. The van der Waals surface area contributed by atoms with Crippen molar-refractivity contribution in [3.8, 4) is 0 Å². The molecule has 48 valence electrons. The maximum atomic E-state index is 6.78. The molecule has 0 aromatic rings. The topological polar surface area (TPSA) is 52.0 Å². The zero-order valence-corrected chi connectivity index (χ0v) is 4.98. The number of rotatable bonds is 4. The van der Waals surface area contributed by atoms with Crippen LogP contribution in [0.2, 0.25) is 2.82 Å². The summed E-state index contributed by atoms with van der Waals surface area (Å²) < 4.78 is 13.6. The van der Waals surface area contributed by atoms with Crippen LogP contribution in [-0.4, -0.2) is 13.1 Å². The first-order valence-electron chi connectivity index (χ1n) is 4.17. The van der Waals surface area contributed by atoms with E-state index in [0.717, 1.165) is 13.1 Å². The summed E-state index contributed by atoms with van der Waals surface area (Å²) in [5, 5.41) is 0. The molecule has 2 heteroatoms. The minimum absolute atomic E-state index is 0.635. The molecule has 1 aliphatic rings. The minimum atomic E-state index is 0.635. The molecule has 0 radical (unpaired) electrons. The quantitative estimate of drug-likeness (QED) is 0.540. The van der Waals surface area contributed by atoms with Crippen LogP contribution in [0.5, 0.6) is 0 Å². The zero-order chi connectivity index (χ0) is 7.40. The van der Waals surface area contributed by atoms with E-state index >= 15 is 0 Å². The summed E-state index contributed by atoms with van der Waals surface area (Å²) in [5.74, 6) is 1.27. The molecule has 8 heavy (non-hydrogen) atoms. The van der Waals surface area contributed by atoms with Crippen LogP contribution >= 0.6 is 0 Å². The third-order valence-electron chi connectivity index (χ3n) is 2.10. The van der Waals surface area contributed by atoms with Crippen LogP contribution in [0.25, 0.3) is 0 Å². The fourth-order valence-electron chi connectivity index (χ4n) is 1.18. The van der Waals surface area contributed by atoms with E-state index in [1.165, 1.54) is 12.8 Å². The van der Waals surface area contributed by atoms with Crippen molar-refractivity contribution in [1.82, 2.24) is 0 Å². The SMILES string of the molecule is [2H]NC[C@@H]1CC[C@H]1CN[2H]. The van der Waals surface area contributed by atoms with Gasteiger partial charge < -0.3 is 11.5 Å². The van der Waals surface area contributed by atoms with Crippen LogP contribution in [0.1, 0.15) is 12.8 Å². The Morgan fingerprint density at radius 2 is 1.75 bits per heavy atom. The van der Waals surface area contributed by atoms with Crippen molar-refractivity contribution >= 4 is 0 Å². The van der Waals surface area contributed by atoms with Gasteiger partial charge in [-0.25, -0.2) is 0 Å². The normalized spacial score (nSPS) is 40.0. The summed E-state index contributed by atoms with van der Waals surface area (Å²) in [6, 6.07) is 0. The van der Waals surface area contributed by atoms with Crippen LogP contribution in [0.4, 0.5) is 0 Å². The van der Waals surface area contributed by atoms with E-state index in [-0.39, 0.29) is 0 Å². The van der Waals surface area contributed by atoms with Gasteiger partial charge in [0.25, 0.3) is 0 Å². The van der Waals surface area contributed by atoms with Gasteiger partial charge in [0.1, 0.15) is 2.82 Å². The van der Waals surface area contributed by atoms with Gasteiger partial charge in [0.2, 0.25) is 0 Å². The third kappa shape index (κ3) is 0.858. The summed E-state index contributed by atoms with van der Waals surface area (Å²) in [6.07, 6.45) is 2.44. The van der Waals surface area contributed by atoms with Gasteiger partial charge in [-0.15, -0.1) is 0 Å². The summed E-state index contributed by atoms with van der Waals surface area (Å²) in [6.45, 7) is 1.57. The van der Waals surface area contributed by atoms with Crippen LogP contribution in [-0.2, 0) is 0 Å². The Labute approximate surface area is 53.2 Å². The predicted molar refractivity (Wildman–Crippen MR) is 34.3 cm³/mol. The standard InChI is InChI=1S/C6H14N2/c7-3-5-1-2-6(5)4-8/h5-6H,1-4,7-8H2/t5-,6-/m0/s1/i/hD2. The molecule has 1 fully saturated rings. The predicted octanol–water partition coefficient (Wildman–Crippen LogP) is -0.0700. The Hall–Kier alpha value is -0.0800. The zero-order valence-electron chi connectivity index (χ0n) is 6.98. The van der Waals surface area contributed by atoms with E-state index in [1.54, 1.807) is 0 Å². The molecule has 0 unspecified atom stereocenters. The molecular weight excluding hydrogens is 100 g/mol. The van der Waals surface area contributed by atoms with Gasteiger partial charge in [-0.05, 0) is 37.8 Å². The van der Waals surface area contributed by atoms with Crippen LogP contribution in [0, 0.1) is 11.8 Å². The average molecular weight is 116 g/mol. The second-order valence-electron chi connectivity index (χ2n) is 2.51. The highest BCUT2D eigenvalue weighted by Crippen LogP contribution is 2.31. The lowest BCUT2D eigenvalue weighted by Gasteiger charge is -2.34. The summed E-state index contributed by atoms with van der Waals surface area (Å²) >= 11 is 0. The molecule has 0 heterocycles. The van der Waals surface area contributed by atoms with Crippen molar-refractivity contribution in [3.05, 3.63) is 0 Å². The first-order valence-corrected chi connectivity index (χ1v) is 3.17. The summed E-state index contributed by atoms with van der Waals surface area (Å²) in [5.41, 5.74) is 4.84. The van der Waals surface area contributed by atoms with Crippen molar-refractivity contribution in [3.63, 3.8) is 0 Å². The highest BCUT2D eigenvalue weighted by Gasteiger charge is 2.27. The molecule has 0 aromatic heterocycles. The van der Waals surface area contributed by atoms with Crippen LogP contribution in [0.15, 0.2) is 0 Å². The van der Waals surface area contributed by atoms with Gasteiger partial charge in [0.05, 0.1) is 0 Å². The Bertz CT molecular complexity index is 87.7. The second-order valence-corrected chi connectivity index (χ2v) is 2.51. The van der Waals surface area contributed by atoms with E-state index in [4.69, 9.17) is 2.82 Å². The molecule has 0 spiro atoms. The Kier molecular flexibility index (Phi) is 1.19. The molecule has 2 nitrogen and oxygen atoms in total. The average Bonchev–Trinajstić information content (AvgIpc) is 1.93. The lowest BCUT2D eigenvalue weighted by Crippen LogP contribution is -2.36. The molecule has 4 N–H and O–H groups in total. The number of hydrogen-bond acceptors (Lipinski definition) is 2. The van der Waals surface area contributed by atoms with E-state index in [1.807, 2.05) is 0 Å². The molecule has 0 aliphatic heterocycles. The fourth-order valence-corrected chi connectivity index (χ4v) is 1.18. The second kappa shape index (κ2) is 2.46.